The molecule has 0 spiro atoms. The van der Waals surface area contributed by atoms with Crippen LogP contribution in [0.25, 0.3) is 0 Å². The largest absolute Gasteiger partial charge is 1.00 e. The summed E-state index contributed by atoms with van der Waals surface area (Å²) in [6.45, 7) is 28.9. The van der Waals surface area contributed by atoms with Crippen molar-refractivity contribution in [2.24, 2.45) is 73.4 Å². The molecule has 0 aromatic rings. The number of nitrogens with one attached hydrogen (secondary N) is 1. The molecule has 310 valence electrons. The zero-order valence-corrected chi connectivity index (χ0v) is 39.1. The molecule has 3 unspecified atom stereocenters. The van der Waals surface area contributed by atoms with Crippen molar-refractivity contribution in [1.29, 1.82) is 0 Å². The molecule has 0 radical (unpaired) electrons. The van der Waals surface area contributed by atoms with Gasteiger partial charge in [-0.15, -0.1) is 5.41 Å². The summed E-state index contributed by atoms with van der Waals surface area (Å²) in [5.41, 5.74) is -0.114. The van der Waals surface area contributed by atoms with Crippen molar-refractivity contribution in [3.05, 3.63) is 12.2 Å². The Morgan fingerprint density at radius 1 is 0.839 bits per heavy atom. The van der Waals surface area contributed by atoms with Gasteiger partial charge in [-0.25, -0.2) is 0 Å². The van der Waals surface area contributed by atoms with Gasteiger partial charge in [-0.05, 0) is 142 Å². The van der Waals surface area contributed by atoms with Crippen LogP contribution >= 0.6 is 0 Å². The molecule has 8 nitrogen and oxygen atoms in total. The van der Waals surface area contributed by atoms with Crippen molar-refractivity contribution in [3.8, 4) is 0 Å². The molecule has 0 bridgehead atoms. The third-order valence-corrected chi connectivity index (χ3v) is 18.9. The number of hydrogen-bond donors (Lipinski definition) is 1. The summed E-state index contributed by atoms with van der Waals surface area (Å²) in [6.07, 6.45) is 15.4. The van der Waals surface area contributed by atoms with Crippen LogP contribution in [0.2, 0.25) is 0 Å². The van der Waals surface area contributed by atoms with Crippen molar-refractivity contribution in [1.82, 2.24) is 10.2 Å². The Labute approximate surface area is 361 Å². The first-order valence-electron chi connectivity index (χ1n) is 21.9. The normalized spacial score (nSPS) is 43.1. The van der Waals surface area contributed by atoms with E-state index in [4.69, 9.17) is 4.74 Å². The maximum absolute atomic E-state index is 15.0. The third-order valence-electron chi connectivity index (χ3n) is 18.9. The number of esters is 1. The van der Waals surface area contributed by atoms with Gasteiger partial charge < -0.3 is 25.2 Å². The average Bonchev–Trinajstić information content (AvgIpc) is 3.78. The number of likely N-dealkylation sites (tertiary alicyclic amines) is 1. The first-order valence-corrected chi connectivity index (χ1v) is 21.9. The van der Waals surface area contributed by atoms with E-state index in [2.05, 4.69) is 72.2 Å². The van der Waals surface area contributed by atoms with Crippen molar-refractivity contribution in [2.45, 2.75) is 171 Å². The average molecular weight is 786 g/mol. The number of allylic oxidation sites excluding steroid dienone is 1. The molecule has 0 aromatic heterocycles. The van der Waals surface area contributed by atoms with Crippen LogP contribution in [0.4, 0.5) is 0 Å². The number of carbonyl (C=O) groups is 3. The smallest absolute Gasteiger partial charge is 0.870 e. The molecule has 7 rings (SSSR count). The van der Waals surface area contributed by atoms with Crippen LogP contribution in [-0.4, -0.2) is 59.7 Å². The van der Waals surface area contributed by atoms with Gasteiger partial charge in [0.15, 0.2) is 0 Å². The summed E-state index contributed by atoms with van der Waals surface area (Å²) in [7, 11) is 0. The second-order valence-electron chi connectivity index (χ2n) is 22.5. The first-order chi connectivity index (χ1) is 25.1. The van der Waals surface area contributed by atoms with Crippen molar-refractivity contribution in [3.63, 3.8) is 0 Å². The Hall–Kier alpha value is -1.22. The number of hydrogen-bond acceptors (Lipinski definition) is 6. The summed E-state index contributed by atoms with van der Waals surface area (Å²) in [6, 6.07) is 0.0279. The predicted octanol–water partition coefficient (Wildman–Crippen LogP) is 6.06. The van der Waals surface area contributed by atoms with E-state index in [1.165, 1.54) is 18.4 Å². The molecule has 1 aliphatic heterocycles. The van der Waals surface area contributed by atoms with Gasteiger partial charge in [-0.1, -0.05) is 74.5 Å². The SMILES string of the molecule is C=C(C)[C@@H]1CC[C@]2(C(=O)NC3C[C@H](C(=O)N4CCCC4)C3(C)C)CC[C@@]3(C)C4CC[C@H]5C(C)(C)[C@@H](OC(=O)CC(C)(C)[C-]=O)CC[C@]5(C)[C@H]4CC[C@]3(C)C12.[Na+].[OH-]. The Morgan fingerprint density at radius 3 is 2.11 bits per heavy atom. The topological polar surface area (TPSA) is 123 Å². The Kier molecular flexibility index (Phi) is 12.6. The summed E-state index contributed by atoms with van der Waals surface area (Å²) in [5, 5.41) is 3.65. The van der Waals surface area contributed by atoms with Crippen molar-refractivity contribution < 1.29 is 58.9 Å². The van der Waals surface area contributed by atoms with E-state index in [9.17, 15) is 14.4 Å². The van der Waals surface area contributed by atoms with Gasteiger partial charge in [0, 0.05) is 36.9 Å². The maximum Gasteiger partial charge on any atom is 1.00 e. The molecule has 56 heavy (non-hydrogen) atoms. The number of fused-ring (bicyclic) bond motifs is 7. The zero-order valence-electron chi connectivity index (χ0n) is 37.1. The minimum atomic E-state index is -0.836. The molecule has 1 saturated heterocycles. The standard InChI is InChI=1S/C47H73N2O5.Na.H2O/c1-29(2)30-16-21-47(40(53)48-35-26-33(42(35,5)6)39(52)49-24-12-13-25-49)23-22-45(10)32-14-15-34-43(7,8)36(54-37(51)27-41(3,4)28-50)18-19-44(34,9)31(32)17-20-46(45,11)38(30)47;;/h30-36,38H,1,12-27H2,2-11H3,(H,48,53);;1H2/q-1;+1;/p-1/t30-,31-,32?,33+,34-,35?,36-,38?,44+,45-,46+,47-;;/m0../s1. The fourth-order valence-electron chi connectivity index (χ4n) is 15.3. The van der Waals surface area contributed by atoms with Gasteiger partial charge in [-0.2, -0.15) is 0 Å². The van der Waals surface area contributed by atoms with E-state index in [-0.39, 0.29) is 104 Å². The second-order valence-corrected chi connectivity index (χ2v) is 22.5. The van der Waals surface area contributed by atoms with Gasteiger partial charge in [0.1, 0.15) is 6.10 Å². The van der Waals surface area contributed by atoms with Crippen molar-refractivity contribution in [2.75, 3.05) is 13.1 Å². The van der Waals surface area contributed by atoms with Gasteiger partial charge in [0.05, 0.1) is 5.41 Å². The van der Waals surface area contributed by atoms with Gasteiger partial charge >= 0.3 is 35.5 Å². The van der Waals surface area contributed by atoms with Crippen LogP contribution < -0.4 is 34.9 Å². The van der Waals surface area contributed by atoms with Crippen LogP contribution in [0.1, 0.15) is 159 Å². The van der Waals surface area contributed by atoms with Crippen LogP contribution in [0, 0.1) is 73.4 Å². The number of rotatable bonds is 8. The maximum atomic E-state index is 15.0. The molecule has 6 saturated carbocycles. The van der Waals surface area contributed by atoms with Crippen LogP contribution in [0.15, 0.2) is 12.2 Å². The molecule has 7 aliphatic rings. The van der Waals surface area contributed by atoms with Crippen LogP contribution in [0.3, 0.4) is 0 Å². The number of ether oxygens (including phenoxy) is 1. The van der Waals surface area contributed by atoms with Crippen LogP contribution in [-0.2, 0) is 23.9 Å². The van der Waals surface area contributed by atoms with E-state index in [1.54, 1.807) is 13.8 Å². The Balaban J connectivity index is 0.00000300. The molecule has 7 fully saturated rings. The fraction of sp³-hybridized carbons (Fsp3) is 0.872. The van der Waals surface area contributed by atoms with Gasteiger partial charge in [-0.3, -0.25) is 20.7 Å². The minimum absolute atomic E-state index is 0. The summed E-state index contributed by atoms with van der Waals surface area (Å²) >= 11 is 0. The number of carbonyl (C=O) groups excluding carboxylic acids is 4. The molecule has 1 heterocycles. The molecule has 12 atom stereocenters. The van der Waals surface area contributed by atoms with Crippen LogP contribution in [0.5, 0.6) is 0 Å². The summed E-state index contributed by atoms with van der Waals surface area (Å²) < 4.78 is 6.22. The molecule has 2 amide bonds. The van der Waals surface area contributed by atoms with E-state index < -0.39 is 10.8 Å². The van der Waals surface area contributed by atoms with E-state index in [0.717, 1.165) is 83.7 Å². The minimum Gasteiger partial charge on any atom is -0.870 e. The van der Waals surface area contributed by atoms with Gasteiger partial charge in [0.2, 0.25) is 11.8 Å². The van der Waals surface area contributed by atoms with Crippen molar-refractivity contribution >= 4 is 24.1 Å². The Bertz CT molecular complexity index is 1570. The fourth-order valence-corrected chi connectivity index (χ4v) is 15.3. The quantitative estimate of drug-likeness (QED) is 0.138. The number of nitrogens with zero attached hydrogens (tertiary/aromatic N) is 1. The second kappa shape index (κ2) is 15.4. The molecule has 6 aliphatic carbocycles. The first kappa shape index (κ1) is 45.9. The van der Waals surface area contributed by atoms with Gasteiger partial charge in [0.25, 0.3) is 0 Å². The number of amides is 2. The monoisotopic (exact) mass is 786 g/mol. The summed E-state index contributed by atoms with van der Waals surface area (Å²) in [4.78, 5) is 55.0. The van der Waals surface area contributed by atoms with E-state index in [1.807, 2.05) is 6.29 Å². The molecule has 0 aromatic carbocycles. The zero-order chi connectivity index (χ0) is 39.4. The third kappa shape index (κ3) is 6.75. The van der Waals surface area contributed by atoms with E-state index in [0.29, 0.717) is 29.6 Å². The summed E-state index contributed by atoms with van der Waals surface area (Å²) in [5.74, 6) is 2.49. The Morgan fingerprint density at radius 2 is 1.50 bits per heavy atom. The molecular weight excluding hydrogens is 712 g/mol. The predicted molar refractivity (Wildman–Crippen MR) is 215 cm³/mol. The molecular formula is C47H74N2NaO6-. The molecule has 2 N–H and O–H groups in total. The molecule has 9 heteroatoms. The van der Waals surface area contributed by atoms with E-state index >= 15 is 4.79 Å².